The van der Waals surface area contributed by atoms with E-state index in [1.54, 1.807) is 0 Å². The van der Waals surface area contributed by atoms with Crippen molar-refractivity contribution >= 4 is 21.8 Å². The normalized spacial score (nSPS) is 17.8. The first-order valence-corrected chi connectivity index (χ1v) is 8.39. The van der Waals surface area contributed by atoms with Crippen LogP contribution in [-0.2, 0) is 17.8 Å². The van der Waals surface area contributed by atoms with E-state index in [1.165, 1.54) is 0 Å². The topological polar surface area (TPSA) is 67.2 Å². The monoisotopic (exact) mass is 343 g/mol. The van der Waals surface area contributed by atoms with Gasteiger partial charge in [-0.15, -0.1) is 0 Å². The summed E-state index contributed by atoms with van der Waals surface area (Å²) >= 11 is 3.37. The highest BCUT2D eigenvalue weighted by Gasteiger charge is 2.25. The first-order valence-electron chi connectivity index (χ1n) is 7.27. The van der Waals surface area contributed by atoms with Gasteiger partial charge in [0.1, 0.15) is 0 Å². The van der Waals surface area contributed by atoms with Gasteiger partial charge in [-0.05, 0) is 32.1 Å². The number of unbranched alkanes of at least 4 members (excludes halogenated alkanes) is 1. The van der Waals surface area contributed by atoms with Gasteiger partial charge in [-0.3, -0.25) is 9.48 Å². The van der Waals surface area contributed by atoms with Crippen LogP contribution in [0.5, 0.6) is 0 Å². The van der Waals surface area contributed by atoms with Crippen LogP contribution in [0.25, 0.3) is 0 Å². The summed E-state index contributed by atoms with van der Waals surface area (Å²) in [6.07, 6.45) is 7.37. The quantitative estimate of drug-likeness (QED) is 0.587. The molecule has 0 aliphatic heterocycles. The highest BCUT2D eigenvalue weighted by Crippen LogP contribution is 2.29. The van der Waals surface area contributed by atoms with Crippen molar-refractivity contribution < 1.29 is 9.90 Å². The number of hydrogen-bond donors (Lipinski definition) is 2. The molecule has 0 bridgehead atoms. The zero-order valence-corrected chi connectivity index (χ0v) is 13.2. The van der Waals surface area contributed by atoms with Crippen LogP contribution in [0.15, 0.2) is 6.20 Å². The number of rotatable bonds is 7. The number of halogens is 1. The van der Waals surface area contributed by atoms with Crippen LogP contribution < -0.4 is 5.32 Å². The average molecular weight is 344 g/mol. The number of fused-ring (bicyclic) bond motifs is 1. The molecular formula is C14H22BrN3O2. The van der Waals surface area contributed by atoms with Gasteiger partial charge < -0.3 is 10.4 Å². The molecule has 0 aromatic carbocycles. The highest BCUT2D eigenvalue weighted by atomic mass is 79.9. The van der Waals surface area contributed by atoms with E-state index in [2.05, 4.69) is 26.3 Å². The molecule has 2 N–H and O–H groups in total. The maximum atomic E-state index is 11.9. The molecule has 1 unspecified atom stereocenters. The summed E-state index contributed by atoms with van der Waals surface area (Å²) in [6.45, 7) is 0.624. The Labute approximate surface area is 127 Å². The summed E-state index contributed by atoms with van der Waals surface area (Å²) in [5.41, 5.74) is 2.29. The van der Waals surface area contributed by atoms with Gasteiger partial charge in [0.25, 0.3) is 0 Å². The summed E-state index contributed by atoms with van der Waals surface area (Å²) < 4.78 is 1.86. The van der Waals surface area contributed by atoms with Gasteiger partial charge in [-0.25, -0.2) is 0 Å². The van der Waals surface area contributed by atoms with E-state index in [4.69, 9.17) is 5.11 Å². The van der Waals surface area contributed by atoms with Gasteiger partial charge >= 0.3 is 0 Å². The minimum atomic E-state index is 0.0858. The van der Waals surface area contributed by atoms with Crippen molar-refractivity contribution in [2.24, 2.45) is 0 Å². The summed E-state index contributed by atoms with van der Waals surface area (Å²) in [5.74, 6) is 0.124. The molecule has 0 radical (unpaired) electrons. The van der Waals surface area contributed by atoms with E-state index in [0.29, 0.717) is 13.0 Å². The molecule has 1 atom stereocenters. The van der Waals surface area contributed by atoms with E-state index in [9.17, 15) is 4.79 Å². The third-order valence-electron chi connectivity index (χ3n) is 3.70. The van der Waals surface area contributed by atoms with Crippen LogP contribution in [0.2, 0.25) is 0 Å². The Morgan fingerprint density at radius 2 is 2.40 bits per heavy atom. The van der Waals surface area contributed by atoms with Gasteiger partial charge in [0.2, 0.25) is 5.91 Å². The van der Waals surface area contributed by atoms with Crippen LogP contribution in [-0.4, -0.2) is 32.7 Å². The zero-order chi connectivity index (χ0) is 14.4. The lowest BCUT2D eigenvalue weighted by molar-refractivity contribution is -0.122. The number of carbonyl (C=O) groups is 1. The fraction of sp³-hybridized carbons (Fsp3) is 0.714. The molecule has 1 aliphatic rings. The van der Waals surface area contributed by atoms with E-state index in [0.717, 1.165) is 48.7 Å². The molecule has 0 saturated carbocycles. The second kappa shape index (κ2) is 7.78. The van der Waals surface area contributed by atoms with E-state index in [-0.39, 0.29) is 18.6 Å². The predicted octanol–water partition coefficient (Wildman–Crippen LogP) is 1.93. The van der Waals surface area contributed by atoms with Gasteiger partial charge in [0.05, 0.1) is 25.4 Å². The highest BCUT2D eigenvalue weighted by molar-refractivity contribution is 9.09. The third kappa shape index (κ3) is 3.82. The summed E-state index contributed by atoms with van der Waals surface area (Å²) in [4.78, 5) is 11.9. The third-order valence-corrected chi connectivity index (χ3v) is 4.26. The van der Waals surface area contributed by atoms with Gasteiger partial charge in [0.15, 0.2) is 0 Å². The molecule has 1 aromatic rings. The second-order valence-corrected chi connectivity index (χ2v) is 5.94. The fourth-order valence-electron chi connectivity index (χ4n) is 2.70. The zero-order valence-electron chi connectivity index (χ0n) is 11.6. The molecule has 0 spiro atoms. The summed E-state index contributed by atoms with van der Waals surface area (Å²) in [5, 5.41) is 17.4. The number of aliphatic hydroxyl groups excluding tert-OH is 1. The summed E-state index contributed by atoms with van der Waals surface area (Å²) in [7, 11) is 0. The number of amides is 1. The Morgan fingerprint density at radius 1 is 1.55 bits per heavy atom. The lowest BCUT2D eigenvalue weighted by Gasteiger charge is -2.24. The molecule has 1 aromatic heterocycles. The Bertz CT molecular complexity index is 448. The molecule has 0 fully saturated rings. The van der Waals surface area contributed by atoms with Crippen molar-refractivity contribution in [3.05, 3.63) is 17.5 Å². The predicted molar refractivity (Wildman–Crippen MR) is 80.8 cm³/mol. The Kier molecular flexibility index (Phi) is 6.04. The molecule has 5 nitrogen and oxygen atoms in total. The molecule has 6 heteroatoms. The molecular weight excluding hydrogens is 322 g/mol. The van der Waals surface area contributed by atoms with Gasteiger partial charge in [0, 0.05) is 23.0 Å². The number of carbonyl (C=O) groups excluding carboxylic acids is 1. The minimum absolute atomic E-state index is 0.0858. The van der Waals surface area contributed by atoms with Crippen molar-refractivity contribution in [2.45, 2.75) is 51.1 Å². The Hall–Kier alpha value is -0.880. The van der Waals surface area contributed by atoms with Crippen molar-refractivity contribution in [1.29, 1.82) is 0 Å². The van der Waals surface area contributed by atoms with Crippen LogP contribution in [0.4, 0.5) is 0 Å². The Balaban J connectivity index is 1.96. The molecule has 2 rings (SSSR count). The number of nitrogens with zero attached hydrogens (tertiary/aromatic N) is 2. The maximum Gasteiger partial charge on any atom is 0.220 e. The molecule has 1 amide bonds. The SMILES string of the molecule is O=C(CCCCBr)NC1CCCc2c1cnn2CCO. The molecule has 20 heavy (non-hydrogen) atoms. The first kappa shape index (κ1) is 15.5. The lowest BCUT2D eigenvalue weighted by atomic mass is 9.93. The van der Waals surface area contributed by atoms with Crippen molar-refractivity contribution in [1.82, 2.24) is 15.1 Å². The second-order valence-electron chi connectivity index (χ2n) is 5.15. The standard InChI is InChI=1S/C14H22BrN3O2/c15-7-2-1-6-14(20)17-12-4-3-5-13-11(12)10-16-18(13)8-9-19/h10,12,19H,1-9H2,(H,17,20). The molecule has 0 saturated heterocycles. The van der Waals surface area contributed by atoms with E-state index >= 15 is 0 Å². The molecule has 1 heterocycles. The van der Waals surface area contributed by atoms with Crippen LogP contribution in [0, 0.1) is 0 Å². The van der Waals surface area contributed by atoms with Crippen LogP contribution in [0.3, 0.4) is 0 Å². The summed E-state index contributed by atoms with van der Waals surface area (Å²) in [6, 6.07) is 0.0858. The minimum Gasteiger partial charge on any atom is -0.394 e. The van der Waals surface area contributed by atoms with Crippen LogP contribution >= 0.6 is 15.9 Å². The van der Waals surface area contributed by atoms with Crippen molar-refractivity contribution in [3.8, 4) is 0 Å². The number of aromatic nitrogens is 2. The largest absolute Gasteiger partial charge is 0.394 e. The lowest BCUT2D eigenvalue weighted by Crippen LogP contribution is -2.30. The van der Waals surface area contributed by atoms with Gasteiger partial charge in [-0.1, -0.05) is 15.9 Å². The van der Waals surface area contributed by atoms with E-state index < -0.39 is 0 Å². The fourth-order valence-corrected chi connectivity index (χ4v) is 3.10. The van der Waals surface area contributed by atoms with Crippen molar-refractivity contribution in [3.63, 3.8) is 0 Å². The number of alkyl halides is 1. The Morgan fingerprint density at radius 3 is 3.15 bits per heavy atom. The van der Waals surface area contributed by atoms with Crippen LogP contribution in [0.1, 0.15) is 49.4 Å². The smallest absolute Gasteiger partial charge is 0.220 e. The van der Waals surface area contributed by atoms with Crippen molar-refractivity contribution in [2.75, 3.05) is 11.9 Å². The maximum absolute atomic E-state index is 11.9. The van der Waals surface area contributed by atoms with Gasteiger partial charge in [-0.2, -0.15) is 5.10 Å². The number of nitrogens with one attached hydrogen (secondary N) is 1. The molecule has 1 aliphatic carbocycles. The average Bonchev–Trinajstić information content (AvgIpc) is 2.84. The molecule has 112 valence electrons. The number of hydrogen-bond acceptors (Lipinski definition) is 3. The van der Waals surface area contributed by atoms with E-state index in [1.807, 2.05) is 10.9 Å². The first-order chi connectivity index (χ1) is 9.76. The number of aliphatic hydroxyl groups is 1.